The predicted molar refractivity (Wildman–Crippen MR) is 122 cm³/mol. The highest BCUT2D eigenvalue weighted by Crippen LogP contribution is 2.43. The lowest BCUT2D eigenvalue weighted by Gasteiger charge is -2.41. The lowest BCUT2D eigenvalue weighted by Crippen LogP contribution is -2.46. The maximum atomic E-state index is 11.2. The highest BCUT2D eigenvalue weighted by atomic mass is 79.9. The van der Waals surface area contributed by atoms with Gasteiger partial charge in [0, 0.05) is 30.4 Å². The number of rotatable bonds is 4. The van der Waals surface area contributed by atoms with Crippen LogP contribution in [-0.2, 0) is 9.47 Å². The first-order valence-electron chi connectivity index (χ1n) is 10.5. The molecule has 2 saturated heterocycles. The van der Waals surface area contributed by atoms with Crippen molar-refractivity contribution in [3.05, 3.63) is 57.6 Å². The van der Waals surface area contributed by atoms with Crippen LogP contribution in [-0.4, -0.2) is 56.7 Å². The largest absolute Gasteiger partial charge is 0.492 e. The number of furan rings is 1. The number of benzene rings is 1. The van der Waals surface area contributed by atoms with Crippen LogP contribution in [0.25, 0.3) is 16.5 Å². The number of hydrogen-bond donors (Lipinski definition) is 1. The first-order chi connectivity index (χ1) is 15.6. The van der Waals surface area contributed by atoms with Crippen LogP contribution in [0.3, 0.4) is 0 Å². The normalized spacial score (nSPS) is 19.8. The van der Waals surface area contributed by atoms with Crippen molar-refractivity contribution in [3.63, 3.8) is 0 Å². The number of aromatic nitrogens is 3. The molecule has 0 bridgehead atoms. The summed E-state index contributed by atoms with van der Waals surface area (Å²) in [5, 5.41) is 15.7. The first-order valence-corrected chi connectivity index (χ1v) is 12.1. The SMILES string of the molecule is Oc1c([C@@H](c2cccc(Br)c2)N2CCC3(CC2)OCCO3)sc2nc(-c3ccco3)nn12. The van der Waals surface area contributed by atoms with Gasteiger partial charge in [-0.3, -0.25) is 4.90 Å². The van der Waals surface area contributed by atoms with Gasteiger partial charge < -0.3 is 19.0 Å². The fourth-order valence-corrected chi connectivity index (χ4v) is 6.09. The second-order valence-corrected chi connectivity index (χ2v) is 9.92. The predicted octanol–water partition coefficient (Wildman–Crippen LogP) is 4.45. The Morgan fingerprint density at radius 2 is 1.94 bits per heavy atom. The molecule has 0 amide bonds. The van der Waals surface area contributed by atoms with Gasteiger partial charge in [0.2, 0.25) is 16.7 Å². The van der Waals surface area contributed by atoms with Crippen molar-refractivity contribution >= 4 is 32.2 Å². The Labute approximate surface area is 196 Å². The van der Waals surface area contributed by atoms with Crippen molar-refractivity contribution < 1.29 is 19.0 Å². The number of fused-ring (bicyclic) bond motifs is 1. The first kappa shape index (κ1) is 20.4. The number of aromatic hydroxyl groups is 1. The van der Waals surface area contributed by atoms with Gasteiger partial charge in [0.25, 0.3) is 0 Å². The minimum atomic E-state index is -0.454. The molecule has 1 atom stereocenters. The van der Waals surface area contributed by atoms with Gasteiger partial charge in [-0.1, -0.05) is 39.4 Å². The molecule has 2 aliphatic heterocycles. The molecule has 5 heterocycles. The number of likely N-dealkylation sites (tertiary alicyclic amines) is 1. The summed E-state index contributed by atoms with van der Waals surface area (Å²) in [5.74, 6) is 0.680. The summed E-state index contributed by atoms with van der Waals surface area (Å²) in [5.41, 5.74) is 1.09. The quantitative estimate of drug-likeness (QED) is 0.428. The fourth-order valence-electron chi connectivity index (χ4n) is 4.55. The van der Waals surface area contributed by atoms with Gasteiger partial charge in [0.1, 0.15) is 0 Å². The second-order valence-electron chi connectivity index (χ2n) is 8.00. The van der Waals surface area contributed by atoms with E-state index in [1.54, 1.807) is 18.4 Å². The van der Waals surface area contributed by atoms with Crippen LogP contribution in [0.1, 0.15) is 29.3 Å². The zero-order valence-electron chi connectivity index (χ0n) is 17.1. The van der Waals surface area contributed by atoms with Crippen LogP contribution in [0.2, 0.25) is 0 Å². The second kappa shape index (κ2) is 7.96. The summed E-state index contributed by atoms with van der Waals surface area (Å²) in [6, 6.07) is 11.7. The van der Waals surface area contributed by atoms with Gasteiger partial charge in [0.15, 0.2) is 11.5 Å². The maximum Gasteiger partial charge on any atom is 0.230 e. The molecule has 6 rings (SSSR count). The Hall–Kier alpha value is -2.24. The average Bonchev–Trinajstić information content (AvgIpc) is 3.58. The molecule has 0 radical (unpaired) electrons. The Balaban J connectivity index is 1.38. The van der Waals surface area contributed by atoms with Crippen LogP contribution in [0, 0.1) is 0 Å². The molecule has 2 aliphatic rings. The zero-order valence-corrected chi connectivity index (χ0v) is 19.5. The molecule has 1 aromatic carbocycles. The van der Waals surface area contributed by atoms with Gasteiger partial charge in [-0.25, -0.2) is 0 Å². The van der Waals surface area contributed by atoms with E-state index in [1.807, 2.05) is 12.1 Å². The molecule has 32 heavy (non-hydrogen) atoms. The molecular formula is C22H21BrN4O4S. The summed E-state index contributed by atoms with van der Waals surface area (Å²) in [6.07, 6.45) is 3.17. The summed E-state index contributed by atoms with van der Waals surface area (Å²) >= 11 is 5.04. The highest BCUT2D eigenvalue weighted by Gasteiger charge is 2.42. The Morgan fingerprint density at radius 1 is 1.12 bits per heavy atom. The third kappa shape index (κ3) is 3.46. The Kier molecular flexibility index (Phi) is 5.07. The molecule has 3 aromatic heterocycles. The van der Waals surface area contributed by atoms with Crippen LogP contribution in [0.4, 0.5) is 0 Å². The summed E-state index contributed by atoms with van der Waals surface area (Å²) in [6.45, 7) is 2.90. The van der Waals surface area contributed by atoms with Crippen LogP contribution in [0.5, 0.6) is 5.88 Å². The third-order valence-electron chi connectivity index (χ3n) is 6.09. The van der Waals surface area contributed by atoms with Gasteiger partial charge in [-0.05, 0) is 29.8 Å². The molecule has 1 spiro atoms. The highest BCUT2D eigenvalue weighted by molar-refractivity contribution is 9.10. The van der Waals surface area contributed by atoms with Gasteiger partial charge >= 0.3 is 0 Å². The monoisotopic (exact) mass is 516 g/mol. The number of hydrogen-bond acceptors (Lipinski definition) is 8. The van der Waals surface area contributed by atoms with E-state index in [1.165, 1.54) is 15.9 Å². The van der Waals surface area contributed by atoms with E-state index in [0.29, 0.717) is 29.8 Å². The van der Waals surface area contributed by atoms with E-state index in [2.05, 4.69) is 43.0 Å². The van der Waals surface area contributed by atoms with Crippen molar-refractivity contribution in [1.29, 1.82) is 0 Å². The molecule has 166 valence electrons. The van der Waals surface area contributed by atoms with E-state index in [9.17, 15) is 5.11 Å². The van der Waals surface area contributed by atoms with Crippen molar-refractivity contribution in [1.82, 2.24) is 19.5 Å². The lowest BCUT2D eigenvalue weighted by molar-refractivity contribution is -0.187. The number of thiazole rings is 1. The molecule has 0 unspecified atom stereocenters. The van der Waals surface area contributed by atoms with Crippen molar-refractivity contribution in [2.24, 2.45) is 0 Å². The molecule has 10 heteroatoms. The average molecular weight is 517 g/mol. The Bertz CT molecular complexity index is 1240. The molecule has 4 aromatic rings. The minimum Gasteiger partial charge on any atom is -0.492 e. The van der Waals surface area contributed by atoms with E-state index in [4.69, 9.17) is 13.9 Å². The van der Waals surface area contributed by atoms with Crippen LogP contribution in [0.15, 0.2) is 51.6 Å². The smallest absolute Gasteiger partial charge is 0.230 e. The maximum absolute atomic E-state index is 11.2. The van der Waals surface area contributed by atoms with Crippen LogP contribution >= 0.6 is 27.3 Å². The van der Waals surface area contributed by atoms with E-state index in [0.717, 1.165) is 40.8 Å². The molecule has 0 aliphatic carbocycles. The fraction of sp³-hybridized carbons (Fsp3) is 0.364. The summed E-state index contributed by atoms with van der Waals surface area (Å²) in [4.78, 5) is 8.39. The number of nitrogens with zero attached hydrogens (tertiary/aromatic N) is 4. The van der Waals surface area contributed by atoms with E-state index < -0.39 is 5.79 Å². The summed E-state index contributed by atoms with van der Waals surface area (Å²) < 4.78 is 19.7. The molecule has 2 fully saturated rings. The number of halogens is 1. The molecule has 1 N–H and O–H groups in total. The lowest BCUT2D eigenvalue weighted by atomic mass is 9.97. The zero-order chi connectivity index (χ0) is 21.7. The van der Waals surface area contributed by atoms with Gasteiger partial charge in [-0.15, -0.1) is 5.10 Å². The number of piperidine rings is 1. The van der Waals surface area contributed by atoms with E-state index >= 15 is 0 Å². The third-order valence-corrected chi connectivity index (χ3v) is 7.66. The number of ether oxygens (including phenoxy) is 2. The van der Waals surface area contributed by atoms with Crippen molar-refractivity contribution in [2.75, 3.05) is 26.3 Å². The molecule has 8 nitrogen and oxygen atoms in total. The van der Waals surface area contributed by atoms with Crippen LogP contribution < -0.4 is 0 Å². The molecule has 0 saturated carbocycles. The van der Waals surface area contributed by atoms with Crippen molar-refractivity contribution in [3.8, 4) is 17.5 Å². The van der Waals surface area contributed by atoms with E-state index in [-0.39, 0.29) is 11.9 Å². The van der Waals surface area contributed by atoms with Gasteiger partial charge in [-0.2, -0.15) is 9.50 Å². The van der Waals surface area contributed by atoms with Gasteiger partial charge in [0.05, 0.1) is 30.4 Å². The summed E-state index contributed by atoms with van der Waals surface area (Å²) in [7, 11) is 0. The standard InChI is InChI=1S/C22H21BrN4O4S/c23-15-4-1-3-14(13-15)17(26-8-6-22(7-9-26)30-11-12-31-22)18-20(28)27-21(32-18)24-19(25-27)16-5-2-10-29-16/h1-5,10,13,17,28H,6-9,11-12H2/t17-/m1/s1. The minimum absolute atomic E-state index is 0.105. The molecular weight excluding hydrogens is 496 g/mol. The Morgan fingerprint density at radius 3 is 2.62 bits per heavy atom. The topological polar surface area (TPSA) is 85.3 Å². The van der Waals surface area contributed by atoms with Crippen molar-refractivity contribution in [2.45, 2.75) is 24.7 Å².